The van der Waals surface area contributed by atoms with E-state index in [1.165, 1.54) is 25.4 Å². The zero-order chi connectivity index (χ0) is 19.4. The predicted octanol–water partition coefficient (Wildman–Crippen LogP) is 2.44. The number of hydrogen-bond acceptors (Lipinski definition) is 5. The lowest BCUT2D eigenvalue weighted by Crippen LogP contribution is -2.46. The fraction of sp³-hybridized carbons (Fsp3) is 0.333. The van der Waals surface area contributed by atoms with Crippen molar-refractivity contribution in [3.05, 3.63) is 52.8 Å². The molecule has 0 spiro atoms. The smallest absolute Gasteiger partial charge is 0.255 e. The first-order chi connectivity index (χ1) is 12.9. The third-order valence-electron chi connectivity index (χ3n) is 4.43. The number of halogens is 1. The van der Waals surface area contributed by atoms with Crippen molar-refractivity contribution < 1.29 is 17.9 Å². The van der Waals surface area contributed by atoms with Crippen LogP contribution in [0.15, 0.2) is 52.1 Å². The molecule has 3 rings (SSSR count). The maximum Gasteiger partial charge on any atom is 0.255 e. The minimum absolute atomic E-state index is 0.0970. The van der Waals surface area contributed by atoms with Crippen LogP contribution in [0, 0.1) is 0 Å². The molecule has 0 bridgehead atoms. The lowest BCUT2D eigenvalue weighted by atomic mass is 10.1. The van der Waals surface area contributed by atoms with E-state index in [0.717, 1.165) is 4.47 Å². The number of sulfonamides is 1. The number of rotatable bonds is 5. The fourth-order valence-corrected chi connectivity index (χ4v) is 4.62. The summed E-state index contributed by atoms with van der Waals surface area (Å²) in [5, 5.41) is 0. The highest BCUT2D eigenvalue weighted by molar-refractivity contribution is 9.10. The zero-order valence-corrected chi connectivity index (χ0v) is 17.2. The van der Waals surface area contributed by atoms with Crippen molar-refractivity contribution in [1.82, 2.24) is 14.6 Å². The van der Waals surface area contributed by atoms with Gasteiger partial charge in [-0.15, -0.1) is 0 Å². The lowest BCUT2D eigenvalue weighted by Gasteiger charge is -2.32. The first-order valence-electron chi connectivity index (χ1n) is 8.45. The Kier molecular flexibility index (Phi) is 6.13. The van der Waals surface area contributed by atoms with Gasteiger partial charge in [0.1, 0.15) is 5.75 Å². The Morgan fingerprint density at radius 1 is 1.22 bits per heavy atom. The van der Waals surface area contributed by atoms with Crippen LogP contribution in [-0.4, -0.2) is 50.5 Å². The van der Waals surface area contributed by atoms with E-state index in [1.807, 2.05) is 0 Å². The quantitative estimate of drug-likeness (QED) is 0.750. The number of benzene rings is 1. The molecule has 0 aliphatic carbocycles. The highest BCUT2D eigenvalue weighted by Crippen LogP contribution is 2.19. The Bertz CT molecular complexity index is 910. The van der Waals surface area contributed by atoms with Crippen molar-refractivity contribution in [3.63, 3.8) is 0 Å². The van der Waals surface area contributed by atoms with Crippen LogP contribution in [0.5, 0.6) is 5.75 Å². The van der Waals surface area contributed by atoms with Crippen LogP contribution in [0.1, 0.15) is 23.2 Å². The van der Waals surface area contributed by atoms with Gasteiger partial charge in [-0.2, -0.15) is 0 Å². The number of nitrogens with one attached hydrogen (secondary N) is 1. The van der Waals surface area contributed by atoms with Gasteiger partial charge in [0.2, 0.25) is 10.0 Å². The van der Waals surface area contributed by atoms with Gasteiger partial charge in [-0.25, -0.2) is 13.1 Å². The van der Waals surface area contributed by atoms with E-state index in [-0.39, 0.29) is 16.8 Å². The summed E-state index contributed by atoms with van der Waals surface area (Å²) in [5.74, 6) is 0.503. The molecule has 27 heavy (non-hydrogen) atoms. The number of pyridine rings is 1. The number of carbonyl (C=O) groups excluding carboxylic acids is 1. The molecule has 1 N–H and O–H groups in total. The van der Waals surface area contributed by atoms with Crippen molar-refractivity contribution in [1.29, 1.82) is 0 Å². The van der Waals surface area contributed by atoms with Crippen LogP contribution in [0.3, 0.4) is 0 Å². The van der Waals surface area contributed by atoms with Crippen LogP contribution in [0.2, 0.25) is 0 Å². The van der Waals surface area contributed by atoms with Crippen molar-refractivity contribution in [2.24, 2.45) is 0 Å². The summed E-state index contributed by atoms with van der Waals surface area (Å²) in [4.78, 5) is 18.5. The molecular weight excluding hydrogens is 434 g/mol. The van der Waals surface area contributed by atoms with Crippen molar-refractivity contribution in [2.45, 2.75) is 23.8 Å². The number of methoxy groups -OCH3 is 1. The number of hydrogen-bond donors (Lipinski definition) is 1. The molecular formula is C18H20BrN3O4S. The van der Waals surface area contributed by atoms with Gasteiger partial charge in [0, 0.05) is 36.0 Å². The monoisotopic (exact) mass is 453 g/mol. The molecule has 0 radical (unpaired) electrons. The van der Waals surface area contributed by atoms with E-state index in [4.69, 9.17) is 4.74 Å². The summed E-state index contributed by atoms with van der Waals surface area (Å²) in [5.41, 5.74) is 0.515. The topological polar surface area (TPSA) is 88.6 Å². The number of amides is 1. The average molecular weight is 454 g/mol. The summed E-state index contributed by atoms with van der Waals surface area (Å²) < 4.78 is 33.6. The molecule has 7 nitrogen and oxygen atoms in total. The molecule has 144 valence electrons. The standard InChI is InChI=1S/C18H20BrN3O4S/c1-26-16-2-4-17(5-3-16)27(24,25)21-15-6-8-22(9-7-15)18(23)13-10-14(19)12-20-11-13/h2-5,10-12,15,21H,6-9H2,1H3. The highest BCUT2D eigenvalue weighted by atomic mass is 79.9. The van der Waals surface area contributed by atoms with Gasteiger partial charge in [-0.3, -0.25) is 9.78 Å². The van der Waals surface area contributed by atoms with E-state index >= 15 is 0 Å². The van der Waals surface area contributed by atoms with Gasteiger partial charge >= 0.3 is 0 Å². The Morgan fingerprint density at radius 3 is 2.48 bits per heavy atom. The Balaban J connectivity index is 1.59. The summed E-state index contributed by atoms with van der Waals surface area (Å²) in [6.45, 7) is 0.974. The summed E-state index contributed by atoms with van der Waals surface area (Å²) in [6.07, 6.45) is 4.27. The van der Waals surface area contributed by atoms with Crippen molar-refractivity contribution in [2.75, 3.05) is 20.2 Å². The normalized spacial score (nSPS) is 15.6. The second kappa shape index (κ2) is 8.37. The molecule has 1 fully saturated rings. The van der Waals surface area contributed by atoms with Gasteiger partial charge in [0.25, 0.3) is 5.91 Å². The molecule has 1 amide bonds. The molecule has 0 unspecified atom stereocenters. The Hall–Kier alpha value is -1.97. The number of likely N-dealkylation sites (tertiary alicyclic amines) is 1. The minimum Gasteiger partial charge on any atom is -0.497 e. The second-order valence-corrected chi connectivity index (χ2v) is 8.88. The van der Waals surface area contributed by atoms with Crippen LogP contribution in [0.4, 0.5) is 0 Å². The van der Waals surface area contributed by atoms with Gasteiger partial charge < -0.3 is 9.64 Å². The molecule has 1 aromatic heterocycles. The van der Waals surface area contributed by atoms with Crippen LogP contribution < -0.4 is 9.46 Å². The zero-order valence-electron chi connectivity index (χ0n) is 14.8. The number of ether oxygens (including phenoxy) is 1. The summed E-state index contributed by atoms with van der Waals surface area (Å²) >= 11 is 3.31. The van der Waals surface area contributed by atoms with Gasteiger partial charge in [0.15, 0.2) is 0 Å². The van der Waals surface area contributed by atoms with Crippen molar-refractivity contribution >= 4 is 31.9 Å². The second-order valence-electron chi connectivity index (χ2n) is 6.26. The fourth-order valence-electron chi connectivity index (χ4n) is 2.95. The maximum atomic E-state index is 12.5. The summed E-state index contributed by atoms with van der Waals surface area (Å²) in [7, 11) is -2.08. The summed E-state index contributed by atoms with van der Waals surface area (Å²) in [6, 6.07) is 7.78. The molecule has 2 heterocycles. The van der Waals surface area contributed by atoms with E-state index in [1.54, 1.807) is 29.3 Å². The number of nitrogens with zero attached hydrogens (tertiary/aromatic N) is 2. The number of aromatic nitrogens is 1. The van der Waals surface area contributed by atoms with E-state index in [9.17, 15) is 13.2 Å². The van der Waals surface area contributed by atoms with Crippen LogP contribution >= 0.6 is 15.9 Å². The average Bonchev–Trinajstić information content (AvgIpc) is 2.68. The SMILES string of the molecule is COc1ccc(S(=O)(=O)NC2CCN(C(=O)c3cncc(Br)c3)CC2)cc1. The van der Waals surface area contributed by atoms with Gasteiger partial charge in [0.05, 0.1) is 17.6 Å². The first kappa shape index (κ1) is 19.8. The third kappa shape index (κ3) is 4.85. The molecule has 1 saturated heterocycles. The molecule has 1 aliphatic heterocycles. The molecule has 0 saturated carbocycles. The molecule has 2 aromatic rings. The number of piperidine rings is 1. The van der Waals surface area contributed by atoms with Crippen molar-refractivity contribution in [3.8, 4) is 5.75 Å². The first-order valence-corrected chi connectivity index (χ1v) is 10.7. The Labute approximate surface area is 166 Å². The number of carbonyl (C=O) groups is 1. The Morgan fingerprint density at radius 2 is 1.89 bits per heavy atom. The molecule has 1 aliphatic rings. The maximum absolute atomic E-state index is 12.5. The largest absolute Gasteiger partial charge is 0.497 e. The molecule has 1 aromatic carbocycles. The van der Waals surface area contributed by atoms with E-state index < -0.39 is 10.0 Å². The van der Waals surface area contributed by atoms with Crippen LogP contribution in [0.25, 0.3) is 0 Å². The van der Waals surface area contributed by atoms with E-state index in [0.29, 0.717) is 37.2 Å². The minimum atomic E-state index is -3.61. The highest BCUT2D eigenvalue weighted by Gasteiger charge is 2.27. The van der Waals surface area contributed by atoms with E-state index in [2.05, 4.69) is 25.6 Å². The third-order valence-corrected chi connectivity index (χ3v) is 6.40. The van der Waals surface area contributed by atoms with Gasteiger partial charge in [-0.05, 0) is 59.1 Å². The van der Waals surface area contributed by atoms with Crippen LogP contribution in [-0.2, 0) is 10.0 Å². The molecule has 0 atom stereocenters. The lowest BCUT2D eigenvalue weighted by molar-refractivity contribution is 0.0711. The van der Waals surface area contributed by atoms with Gasteiger partial charge in [-0.1, -0.05) is 0 Å². The molecule has 9 heteroatoms. The predicted molar refractivity (Wildman–Crippen MR) is 104 cm³/mol.